The average molecular weight is 500 g/mol. The third-order valence-electron chi connectivity index (χ3n) is 6.68. The van der Waals surface area contributed by atoms with Gasteiger partial charge in [0.25, 0.3) is 5.91 Å². The van der Waals surface area contributed by atoms with Crippen LogP contribution in [0.4, 0.5) is 0 Å². The Kier molecular flexibility index (Phi) is 9.46. The summed E-state index contributed by atoms with van der Waals surface area (Å²) in [5, 5.41) is 0. The first kappa shape index (κ1) is 26.9. The van der Waals surface area contributed by atoms with E-state index in [-0.39, 0.29) is 30.2 Å². The summed E-state index contributed by atoms with van der Waals surface area (Å²) in [6, 6.07) is 17.1. The smallest absolute Gasteiger partial charge is 0.253 e. The van der Waals surface area contributed by atoms with Gasteiger partial charge in [0.2, 0.25) is 15.9 Å². The summed E-state index contributed by atoms with van der Waals surface area (Å²) < 4.78 is 26.5. The van der Waals surface area contributed by atoms with Crippen LogP contribution in [0, 0.1) is 6.92 Å². The number of hydrogen-bond donors (Lipinski definition) is 0. The van der Waals surface area contributed by atoms with E-state index in [4.69, 9.17) is 0 Å². The Morgan fingerprint density at radius 3 is 2.20 bits per heavy atom. The number of sulfonamides is 1. The predicted octanol–water partition coefficient (Wildman–Crippen LogP) is 3.69. The van der Waals surface area contributed by atoms with Gasteiger partial charge in [-0.2, -0.15) is 4.31 Å². The van der Waals surface area contributed by atoms with E-state index < -0.39 is 10.0 Å². The zero-order valence-corrected chi connectivity index (χ0v) is 21.8. The molecular formula is C27H37N3O4S. The molecule has 0 unspecified atom stereocenters. The first-order chi connectivity index (χ1) is 16.8. The van der Waals surface area contributed by atoms with Crippen LogP contribution in [0.2, 0.25) is 0 Å². The molecule has 1 aliphatic heterocycles. The molecule has 2 aromatic carbocycles. The summed E-state index contributed by atoms with van der Waals surface area (Å²) in [7, 11) is -3.48. The maximum atomic E-state index is 13.6. The molecule has 2 amide bonds. The molecule has 7 nitrogen and oxygen atoms in total. The Hall–Kier alpha value is -2.71. The lowest BCUT2D eigenvalue weighted by molar-refractivity contribution is -0.135. The highest BCUT2D eigenvalue weighted by molar-refractivity contribution is 7.89. The quantitative estimate of drug-likeness (QED) is 0.500. The molecule has 1 saturated heterocycles. The van der Waals surface area contributed by atoms with Crippen LogP contribution in [0.5, 0.6) is 0 Å². The second-order valence-electron chi connectivity index (χ2n) is 9.07. The summed E-state index contributed by atoms with van der Waals surface area (Å²) in [6.07, 6.45) is 1.96. The van der Waals surface area contributed by atoms with Gasteiger partial charge in [-0.1, -0.05) is 49.4 Å². The van der Waals surface area contributed by atoms with Crippen molar-refractivity contribution in [1.29, 1.82) is 0 Å². The molecule has 0 aliphatic carbocycles. The lowest BCUT2D eigenvalue weighted by Crippen LogP contribution is -2.51. The Balaban J connectivity index is 1.78. The normalized spacial score (nSPS) is 14.8. The number of hydrogen-bond acceptors (Lipinski definition) is 4. The van der Waals surface area contributed by atoms with Gasteiger partial charge in [-0.3, -0.25) is 9.59 Å². The lowest BCUT2D eigenvalue weighted by Gasteiger charge is -2.39. The fraction of sp³-hybridized carbons (Fsp3) is 0.481. The number of aryl methyl sites for hydroxylation is 1. The molecule has 35 heavy (non-hydrogen) atoms. The van der Waals surface area contributed by atoms with Gasteiger partial charge in [0.05, 0.1) is 12.3 Å². The molecule has 0 saturated carbocycles. The molecule has 0 aromatic heterocycles. The van der Waals surface area contributed by atoms with E-state index in [0.717, 1.165) is 11.1 Å². The monoisotopic (exact) mass is 499 g/mol. The molecule has 0 spiro atoms. The van der Waals surface area contributed by atoms with Crippen molar-refractivity contribution in [1.82, 2.24) is 14.1 Å². The van der Waals surface area contributed by atoms with Crippen LogP contribution < -0.4 is 0 Å². The Morgan fingerprint density at radius 2 is 1.60 bits per heavy atom. The van der Waals surface area contributed by atoms with Gasteiger partial charge in [0.15, 0.2) is 0 Å². The van der Waals surface area contributed by atoms with Crippen molar-refractivity contribution in [2.24, 2.45) is 0 Å². The van der Waals surface area contributed by atoms with Crippen molar-refractivity contribution >= 4 is 21.8 Å². The van der Waals surface area contributed by atoms with Crippen LogP contribution in [0.15, 0.2) is 54.6 Å². The van der Waals surface area contributed by atoms with E-state index in [9.17, 15) is 18.0 Å². The molecule has 1 heterocycles. The second-order valence-corrected chi connectivity index (χ2v) is 11.3. The van der Waals surface area contributed by atoms with Crippen molar-refractivity contribution in [3.63, 3.8) is 0 Å². The molecule has 8 heteroatoms. The summed E-state index contributed by atoms with van der Waals surface area (Å²) in [5.41, 5.74) is 2.80. The van der Waals surface area contributed by atoms with E-state index in [1.54, 1.807) is 6.92 Å². The minimum Gasteiger partial charge on any atom is -0.338 e. The molecule has 0 atom stereocenters. The highest BCUT2D eigenvalue weighted by Crippen LogP contribution is 2.23. The van der Waals surface area contributed by atoms with Gasteiger partial charge < -0.3 is 9.80 Å². The maximum absolute atomic E-state index is 13.6. The fourth-order valence-corrected chi connectivity index (χ4v) is 5.66. The molecule has 0 N–H and O–H groups in total. The largest absolute Gasteiger partial charge is 0.338 e. The highest BCUT2D eigenvalue weighted by atomic mass is 32.2. The standard InChI is InChI=1S/C27H37N3O4S/c1-4-17-29(35(33,34)5-2)21-26(31)30(20-24-14-10-9-11-22(24)3)25-15-18-28(19-16-25)27(32)23-12-7-6-8-13-23/h6-14,25H,4-5,15-21H2,1-3H3. The van der Waals surface area contributed by atoms with Crippen LogP contribution in [0.3, 0.4) is 0 Å². The summed E-state index contributed by atoms with van der Waals surface area (Å²) in [4.78, 5) is 30.1. The summed E-state index contributed by atoms with van der Waals surface area (Å²) >= 11 is 0. The van der Waals surface area contributed by atoms with Crippen LogP contribution in [0.25, 0.3) is 0 Å². The van der Waals surface area contributed by atoms with E-state index >= 15 is 0 Å². The third kappa shape index (κ3) is 6.92. The van der Waals surface area contributed by atoms with Gasteiger partial charge in [-0.15, -0.1) is 0 Å². The number of nitrogens with zero attached hydrogens (tertiary/aromatic N) is 3. The maximum Gasteiger partial charge on any atom is 0.253 e. The minimum absolute atomic E-state index is 0.00369. The Bertz CT molecular complexity index is 1100. The van der Waals surface area contributed by atoms with Gasteiger partial charge in [-0.25, -0.2) is 8.42 Å². The van der Waals surface area contributed by atoms with Crippen molar-refractivity contribution < 1.29 is 18.0 Å². The molecule has 0 bridgehead atoms. The summed E-state index contributed by atoms with van der Waals surface area (Å²) in [5.74, 6) is -0.214. The molecule has 2 aromatic rings. The van der Waals surface area contributed by atoms with Gasteiger partial charge in [0, 0.05) is 37.8 Å². The third-order valence-corrected chi connectivity index (χ3v) is 8.51. The van der Waals surface area contributed by atoms with E-state index in [0.29, 0.717) is 51.0 Å². The number of benzene rings is 2. The van der Waals surface area contributed by atoms with Crippen molar-refractivity contribution in [3.05, 3.63) is 71.3 Å². The van der Waals surface area contributed by atoms with Crippen LogP contribution in [-0.4, -0.2) is 72.3 Å². The number of piperidine rings is 1. The van der Waals surface area contributed by atoms with Crippen molar-refractivity contribution in [2.45, 2.75) is 52.6 Å². The number of carbonyl (C=O) groups is 2. The first-order valence-electron chi connectivity index (χ1n) is 12.4. The molecular weight excluding hydrogens is 462 g/mol. The average Bonchev–Trinajstić information content (AvgIpc) is 2.88. The number of carbonyl (C=O) groups excluding carboxylic acids is 2. The minimum atomic E-state index is -3.48. The predicted molar refractivity (Wildman–Crippen MR) is 138 cm³/mol. The Morgan fingerprint density at radius 1 is 0.971 bits per heavy atom. The molecule has 0 radical (unpaired) electrons. The summed E-state index contributed by atoms with van der Waals surface area (Å²) in [6.45, 7) is 7.24. The van der Waals surface area contributed by atoms with E-state index in [1.165, 1.54) is 4.31 Å². The molecule has 3 rings (SSSR count). The number of amides is 2. The van der Waals surface area contributed by atoms with Crippen LogP contribution in [0.1, 0.15) is 54.6 Å². The first-order valence-corrected chi connectivity index (χ1v) is 14.0. The number of likely N-dealkylation sites (tertiary alicyclic amines) is 1. The van der Waals surface area contributed by atoms with Gasteiger partial charge in [-0.05, 0) is 56.4 Å². The zero-order valence-electron chi connectivity index (χ0n) is 21.0. The second kappa shape index (κ2) is 12.3. The highest BCUT2D eigenvalue weighted by Gasteiger charge is 2.32. The van der Waals surface area contributed by atoms with E-state index in [2.05, 4.69) is 0 Å². The molecule has 1 aliphatic rings. The number of rotatable bonds is 10. The van der Waals surface area contributed by atoms with Crippen molar-refractivity contribution in [2.75, 3.05) is 31.9 Å². The van der Waals surface area contributed by atoms with Crippen LogP contribution in [-0.2, 0) is 21.4 Å². The SMILES string of the molecule is CCCN(CC(=O)N(Cc1ccccc1C)C1CCN(C(=O)c2ccccc2)CC1)S(=O)(=O)CC. The molecule has 1 fully saturated rings. The van der Waals surface area contributed by atoms with Gasteiger partial charge >= 0.3 is 0 Å². The zero-order chi connectivity index (χ0) is 25.4. The fourth-order valence-electron chi connectivity index (χ4n) is 4.53. The Labute approximate surface area is 209 Å². The molecule has 190 valence electrons. The van der Waals surface area contributed by atoms with E-state index in [1.807, 2.05) is 78.2 Å². The van der Waals surface area contributed by atoms with Crippen molar-refractivity contribution in [3.8, 4) is 0 Å². The van der Waals surface area contributed by atoms with Gasteiger partial charge in [0.1, 0.15) is 0 Å². The lowest BCUT2D eigenvalue weighted by atomic mass is 10.00. The van der Waals surface area contributed by atoms with Crippen LogP contribution >= 0.6 is 0 Å². The topological polar surface area (TPSA) is 78.0 Å².